The Hall–Kier alpha value is -2.98. The predicted octanol–water partition coefficient (Wildman–Crippen LogP) is 5.70. The second kappa shape index (κ2) is 12.5. The van der Waals surface area contributed by atoms with Crippen molar-refractivity contribution in [2.24, 2.45) is 5.10 Å². The molecular formula is C25H24ClIN2O5. The number of amides is 1. The number of hydrazone groups is 1. The lowest BCUT2D eigenvalue weighted by Crippen LogP contribution is -2.17. The van der Waals surface area contributed by atoms with Crippen molar-refractivity contribution in [3.05, 3.63) is 79.9 Å². The van der Waals surface area contributed by atoms with E-state index < -0.39 is 0 Å². The average molecular weight is 595 g/mol. The van der Waals surface area contributed by atoms with Crippen molar-refractivity contribution in [2.45, 2.75) is 13.5 Å². The van der Waals surface area contributed by atoms with Crippen molar-refractivity contribution in [2.75, 3.05) is 20.8 Å². The van der Waals surface area contributed by atoms with Gasteiger partial charge in [-0.1, -0.05) is 23.7 Å². The van der Waals surface area contributed by atoms with Crippen LogP contribution in [0.25, 0.3) is 0 Å². The minimum Gasteiger partial charge on any atom is -0.493 e. The molecule has 0 unspecified atom stereocenters. The first kappa shape index (κ1) is 25.6. The van der Waals surface area contributed by atoms with E-state index in [2.05, 4.69) is 33.1 Å². The van der Waals surface area contributed by atoms with E-state index in [9.17, 15) is 4.79 Å². The summed E-state index contributed by atoms with van der Waals surface area (Å²) in [5.41, 5.74) is 4.61. The van der Waals surface area contributed by atoms with Gasteiger partial charge in [-0.2, -0.15) is 5.10 Å². The summed E-state index contributed by atoms with van der Waals surface area (Å²) < 4.78 is 23.1. The first-order chi connectivity index (χ1) is 16.4. The molecule has 9 heteroatoms. The number of hydrogen-bond donors (Lipinski definition) is 1. The molecule has 1 amide bonds. The number of carbonyl (C=O) groups is 1. The number of carbonyl (C=O) groups excluding carboxylic acids is 1. The van der Waals surface area contributed by atoms with Crippen molar-refractivity contribution in [1.82, 2.24) is 5.43 Å². The third kappa shape index (κ3) is 6.77. The Balaban J connectivity index is 1.69. The Morgan fingerprint density at radius 3 is 2.53 bits per heavy atom. The van der Waals surface area contributed by atoms with E-state index in [1.54, 1.807) is 38.5 Å². The van der Waals surface area contributed by atoms with Gasteiger partial charge in [0.05, 0.1) is 30.6 Å². The number of benzene rings is 3. The fourth-order valence-electron chi connectivity index (χ4n) is 3.05. The van der Waals surface area contributed by atoms with Gasteiger partial charge in [0.15, 0.2) is 23.0 Å². The second-order valence-corrected chi connectivity index (χ2v) is 8.55. The number of halogens is 2. The lowest BCUT2D eigenvalue weighted by Gasteiger charge is -2.13. The van der Waals surface area contributed by atoms with Gasteiger partial charge in [-0.3, -0.25) is 4.79 Å². The van der Waals surface area contributed by atoms with Crippen LogP contribution in [0.4, 0.5) is 0 Å². The van der Waals surface area contributed by atoms with E-state index in [4.69, 9.17) is 30.5 Å². The van der Waals surface area contributed by atoms with Crippen LogP contribution in [0.1, 0.15) is 28.4 Å². The van der Waals surface area contributed by atoms with Crippen molar-refractivity contribution in [3.8, 4) is 23.0 Å². The molecule has 7 nitrogen and oxygen atoms in total. The molecule has 0 saturated carbocycles. The van der Waals surface area contributed by atoms with Gasteiger partial charge in [0.25, 0.3) is 5.91 Å². The maximum atomic E-state index is 12.5. The topological polar surface area (TPSA) is 78.4 Å². The zero-order valence-corrected chi connectivity index (χ0v) is 21.8. The average Bonchev–Trinajstić information content (AvgIpc) is 2.83. The summed E-state index contributed by atoms with van der Waals surface area (Å²) in [6.07, 6.45) is 1.54. The SMILES string of the molecule is CCOc1cc(C(=O)N/N=C/c2cc(I)c(OCc3cccc(Cl)c3)c(OC)c2)ccc1OC. The van der Waals surface area contributed by atoms with E-state index in [0.29, 0.717) is 46.8 Å². The van der Waals surface area contributed by atoms with Crippen molar-refractivity contribution >= 4 is 46.3 Å². The molecule has 1 N–H and O–H groups in total. The molecule has 0 aliphatic carbocycles. The van der Waals surface area contributed by atoms with Gasteiger partial charge < -0.3 is 18.9 Å². The molecule has 0 saturated heterocycles. The van der Waals surface area contributed by atoms with Gasteiger partial charge in [0.1, 0.15) is 6.61 Å². The minimum atomic E-state index is -0.372. The van der Waals surface area contributed by atoms with E-state index in [0.717, 1.165) is 14.7 Å². The van der Waals surface area contributed by atoms with E-state index in [-0.39, 0.29) is 5.91 Å². The first-order valence-corrected chi connectivity index (χ1v) is 11.8. The van der Waals surface area contributed by atoms with Gasteiger partial charge >= 0.3 is 0 Å². The molecule has 3 rings (SSSR count). The fraction of sp³-hybridized carbons (Fsp3) is 0.200. The van der Waals surface area contributed by atoms with Crippen molar-refractivity contribution < 1.29 is 23.7 Å². The summed E-state index contributed by atoms with van der Waals surface area (Å²) in [4.78, 5) is 12.5. The Kier molecular flexibility index (Phi) is 9.41. The highest BCUT2D eigenvalue weighted by Crippen LogP contribution is 2.34. The van der Waals surface area contributed by atoms with E-state index in [1.165, 1.54) is 6.21 Å². The highest BCUT2D eigenvalue weighted by atomic mass is 127. The van der Waals surface area contributed by atoms with Gasteiger partial charge in [-0.15, -0.1) is 0 Å². The standard InChI is InChI=1S/C25H24ClIN2O5/c1-4-33-22-13-18(8-9-21(22)31-2)25(30)29-28-14-17-11-20(27)24(23(12-17)32-3)34-15-16-6-5-7-19(26)10-16/h5-14H,4,15H2,1-3H3,(H,29,30)/b28-14+. The molecule has 0 spiro atoms. The van der Waals surface area contributed by atoms with Crippen molar-refractivity contribution in [3.63, 3.8) is 0 Å². The molecule has 3 aromatic rings. The lowest BCUT2D eigenvalue weighted by atomic mass is 10.2. The minimum absolute atomic E-state index is 0.349. The van der Waals surface area contributed by atoms with Gasteiger partial charge in [0, 0.05) is 10.6 Å². The predicted molar refractivity (Wildman–Crippen MR) is 141 cm³/mol. The summed E-state index contributed by atoms with van der Waals surface area (Å²) in [6, 6.07) is 16.1. The van der Waals surface area contributed by atoms with Crippen LogP contribution < -0.4 is 24.4 Å². The van der Waals surface area contributed by atoms with Crippen LogP contribution in [-0.4, -0.2) is 32.9 Å². The van der Waals surface area contributed by atoms with Crippen LogP contribution in [0, 0.1) is 3.57 Å². The summed E-state index contributed by atoms with van der Waals surface area (Å²) in [5.74, 6) is 1.85. The van der Waals surface area contributed by atoms with Crippen molar-refractivity contribution in [1.29, 1.82) is 0 Å². The molecule has 0 fully saturated rings. The summed E-state index contributed by atoms with van der Waals surface area (Å²) in [6.45, 7) is 2.67. The molecular weight excluding hydrogens is 571 g/mol. The molecule has 0 radical (unpaired) electrons. The molecule has 0 aliphatic rings. The normalized spacial score (nSPS) is 10.7. The third-order valence-corrected chi connectivity index (χ3v) is 5.67. The van der Waals surface area contributed by atoms with Gasteiger partial charge in [0.2, 0.25) is 0 Å². The second-order valence-electron chi connectivity index (χ2n) is 6.95. The fourth-order valence-corrected chi connectivity index (χ4v) is 4.05. The molecule has 0 atom stereocenters. The largest absolute Gasteiger partial charge is 0.493 e. The van der Waals surface area contributed by atoms with Crippen LogP contribution >= 0.6 is 34.2 Å². The van der Waals surface area contributed by atoms with Crippen LogP contribution in [-0.2, 0) is 6.61 Å². The molecule has 0 bridgehead atoms. The van der Waals surface area contributed by atoms with Crippen LogP contribution in [0.15, 0.2) is 59.7 Å². The maximum absolute atomic E-state index is 12.5. The lowest BCUT2D eigenvalue weighted by molar-refractivity contribution is 0.0954. The van der Waals surface area contributed by atoms with Gasteiger partial charge in [-0.25, -0.2) is 5.43 Å². The smallest absolute Gasteiger partial charge is 0.271 e. The Morgan fingerprint density at radius 1 is 1.03 bits per heavy atom. The molecule has 3 aromatic carbocycles. The summed E-state index contributed by atoms with van der Waals surface area (Å²) >= 11 is 8.22. The molecule has 34 heavy (non-hydrogen) atoms. The molecule has 0 heterocycles. The zero-order chi connectivity index (χ0) is 24.5. The number of nitrogens with one attached hydrogen (secondary N) is 1. The Morgan fingerprint density at radius 2 is 1.82 bits per heavy atom. The Bertz CT molecular complexity index is 1190. The number of ether oxygens (including phenoxy) is 4. The van der Waals surface area contributed by atoms with Crippen LogP contribution in [0.2, 0.25) is 5.02 Å². The highest BCUT2D eigenvalue weighted by molar-refractivity contribution is 14.1. The molecule has 178 valence electrons. The summed E-state index contributed by atoms with van der Waals surface area (Å²) in [7, 11) is 3.12. The first-order valence-electron chi connectivity index (χ1n) is 10.3. The van der Waals surface area contributed by atoms with Crippen LogP contribution in [0.3, 0.4) is 0 Å². The number of rotatable bonds is 10. The zero-order valence-electron chi connectivity index (χ0n) is 18.9. The number of nitrogens with zero attached hydrogens (tertiary/aromatic N) is 1. The van der Waals surface area contributed by atoms with Gasteiger partial charge in [-0.05, 0) is 83.1 Å². The number of methoxy groups -OCH3 is 2. The van der Waals surface area contributed by atoms with E-state index >= 15 is 0 Å². The summed E-state index contributed by atoms with van der Waals surface area (Å²) in [5, 5.41) is 4.73. The highest BCUT2D eigenvalue weighted by Gasteiger charge is 2.13. The number of hydrogen-bond acceptors (Lipinski definition) is 6. The van der Waals surface area contributed by atoms with Crippen LogP contribution in [0.5, 0.6) is 23.0 Å². The molecule has 0 aliphatic heterocycles. The quantitative estimate of drug-likeness (QED) is 0.185. The maximum Gasteiger partial charge on any atom is 0.271 e. The molecule has 0 aromatic heterocycles. The Labute approximate surface area is 217 Å². The monoisotopic (exact) mass is 594 g/mol. The van der Waals surface area contributed by atoms with E-state index in [1.807, 2.05) is 37.3 Å². The third-order valence-electron chi connectivity index (χ3n) is 4.63.